The molecule has 0 saturated carbocycles. The Morgan fingerprint density at radius 2 is 1.77 bits per heavy atom. The molecule has 0 saturated heterocycles. The van der Waals surface area contributed by atoms with E-state index in [0.29, 0.717) is 17.9 Å². The molecule has 2 N–H and O–H groups in total. The molecule has 30 heavy (non-hydrogen) atoms. The van der Waals surface area contributed by atoms with Crippen molar-refractivity contribution in [1.29, 1.82) is 0 Å². The lowest BCUT2D eigenvalue weighted by Crippen LogP contribution is -2.39. The molecular weight excluding hydrogens is 396 g/mol. The number of hydrogen-bond acceptors (Lipinski definition) is 4. The molecule has 0 fully saturated rings. The van der Waals surface area contributed by atoms with Crippen LogP contribution >= 0.6 is 11.3 Å². The Hall–Kier alpha value is -3.12. The molecule has 3 rings (SSSR count). The van der Waals surface area contributed by atoms with Gasteiger partial charge in [0.15, 0.2) is 0 Å². The molecule has 5 nitrogen and oxygen atoms in total. The number of aryl methyl sites for hydroxylation is 1. The van der Waals surface area contributed by atoms with E-state index in [0.717, 1.165) is 16.9 Å². The van der Waals surface area contributed by atoms with Crippen LogP contribution in [0.2, 0.25) is 0 Å². The van der Waals surface area contributed by atoms with Gasteiger partial charge in [0, 0.05) is 4.88 Å². The first-order valence-corrected chi connectivity index (χ1v) is 10.9. The average molecular weight is 423 g/mol. The highest BCUT2D eigenvalue weighted by Gasteiger charge is 2.19. The molecule has 0 aliphatic heterocycles. The van der Waals surface area contributed by atoms with Gasteiger partial charge in [-0.1, -0.05) is 49.4 Å². The quantitative estimate of drug-likeness (QED) is 0.539. The van der Waals surface area contributed by atoms with Crippen LogP contribution in [0, 0.1) is 0 Å². The Morgan fingerprint density at radius 1 is 1.00 bits per heavy atom. The van der Waals surface area contributed by atoms with Crippen molar-refractivity contribution in [3.8, 4) is 5.75 Å². The van der Waals surface area contributed by atoms with Gasteiger partial charge in [-0.2, -0.15) is 0 Å². The minimum atomic E-state index is -0.339. The zero-order chi connectivity index (χ0) is 21.3. The molecule has 0 aliphatic carbocycles. The van der Waals surface area contributed by atoms with Crippen LogP contribution in [-0.4, -0.2) is 25.0 Å². The van der Waals surface area contributed by atoms with Gasteiger partial charge in [0.1, 0.15) is 5.75 Å². The lowest BCUT2D eigenvalue weighted by molar-refractivity contribution is -0.120. The van der Waals surface area contributed by atoms with E-state index in [4.69, 9.17) is 4.74 Å². The van der Waals surface area contributed by atoms with Gasteiger partial charge in [-0.05, 0) is 48.1 Å². The number of rotatable bonds is 9. The zero-order valence-corrected chi connectivity index (χ0v) is 18.0. The minimum Gasteiger partial charge on any atom is -0.493 e. The summed E-state index contributed by atoms with van der Waals surface area (Å²) in [5, 5.41) is 7.72. The fourth-order valence-electron chi connectivity index (χ4n) is 3.12. The molecular formula is C24H26N2O3S. The SMILES string of the molecule is CCOc1ccccc1C(=O)NCC(=O)NC(c1ccc(CC)cc1)c1cccs1. The maximum absolute atomic E-state index is 12.6. The lowest BCUT2D eigenvalue weighted by Gasteiger charge is -2.19. The summed E-state index contributed by atoms with van der Waals surface area (Å²) in [6.45, 7) is 4.32. The summed E-state index contributed by atoms with van der Waals surface area (Å²) in [5.41, 5.74) is 2.67. The molecule has 3 aromatic rings. The topological polar surface area (TPSA) is 67.4 Å². The number of hydrogen-bond donors (Lipinski definition) is 2. The molecule has 6 heteroatoms. The maximum Gasteiger partial charge on any atom is 0.255 e. The summed E-state index contributed by atoms with van der Waals surface area (Å²) < 4.78 is 5.50. The summed E-state index contributed by atoms with van der Waals surface area (Å²) in [7, 11) is 0. The fourth-order valence-corrected chi connectivity index (χ4v) is 3.93. The van der Waals surface area contributed by atoms with E-state index in [9.17, 15) is 9.59 Å². The van der Waals surface area contributed by atoms with Gasteiger partial charge >= 0.3 is 0 Å². The first-order chi connectivity index (χ1) is 14.6. The summed E-state index contributed by atoms with van der Waals surface area (Å²) in [4.78, 5) is 26.2. The van der Waals surface area contributed by atoms with Crippen molar-refractivity contribution in [3.63, 3.8) is 0 Å². The van der Waals surface area contributed by atoms with Crippen LogP contribution in [0.4, 0.5) is 0 Å². The summed E-state index contributed by atoms with van der Waals surface area (Å²) in [6, 6.07) is 19.0. The largest absolute Gasteiger partial charge is 0.493 e. The van der Waals surface area contributed by atoms with Gasteiger partial charge in [-0.3, -0.25) is 9.59 Å². The Bertz CT molecular complexity index is 968. The van der Waals surface area contributed by atoms with Crippen molar-refractivity contribution in [2.75, 3.05) is 13.2 Å². The van der Waals surface area contributed by atoms with Crippen LogP contribution in [-0.2, 0) is 11.2 Å². The maximum atomic E-state index is 12.6. The van der Waals surface area contributed by atoms with Gasteiger partial charge in [0.05, 0.1) is 24.8 Å². The summed E-state index contributed by atoms with van der Waals surface area (Å²) in [6.07, 6.45) is 0.964. The van der Waals surface area contributed by atoms with E-state index < -0.39 is 0 Å². The molecule has 0 aliphatic rings. The number of ether oxygens (including phenoxy) is 1. The van der Waals surface area contributed by atoms with E-state index in [1.165, 1.54) is 5.56 Å². The highest BCUT2D eigenvalue weighted by atomic mass is 32.1. The highest BCUT2D eigenvalue weighted by Crippen LogP contribution is 2.26. The monoisotopic (exact) mass is 422 g/mol. The first kappa shape index (κ1) is 21.6. The predicted molar refractivity (Wildman–Crippen MR) is 120 cm³/mol. The number of nitrogens with one attached hydrogen (secondary N) is 2. The molecule has 0 spiro atoms. The molecule has 2 amide bonds. The van der Waals surface area contributed by atoms with Gasteiger partial charge in [0.2, 0.25) is 5.91 Å². The van der Waals surface area contributed by atoms with Crippen LogP contribution in [0.1, 0.15) is 46.3 Å². The fraction of sp³-hybridized carbons (Fsp3) is 0.250. The molecule has 1 heterocycles. The van der Waals surface area contributed by atoms with Crippen molar-refractivity contribution in [3.05, 3.63) is 87.6 Å². The van der Waals surface area contributed by atoms with Gasteiger partial charge in [0.25, 0.3) is 5.91 Å². The van der Waals surface area contributed by atoms with Crippen molar-refractivity contribution in [2.24, 2.45) is 0 Å². The Morgan fingerprint density at radius 3 is 2.43 bits per heavy atom. The zero-order valence-electron chi connectivity index (χ0n) is 17.2. The first-order valence-electron chi connectivity index (χ1n) is 10.0. The third-order valence-electron chi connectivity index (χ3n) is 4.70. The van der Waals surface area contributed by atoms with E-state index in [2.05, 4.69) is 29.7 Å². The van der Waals surface area contributed by atoms with Crippen molar-refractivity contribution >= 4 is 23.2 Å². The lowest BCUT2D eigenvalue weighted by atomic mass is 10.0. The van der Waals surface area contributed by atoms with Crippen LogP contribution in [0.5, 0.6) is 5.75 Å². The number of thiophene rings is 1. The number of benzene rings is 2. The van der Waals surface area contributed by atoms with E-state index in [1.54, 1.807) is 29.5 Å². The van der Waals surface area contributed by atoms with Gasteiger partial charge < -0.3 is 15.4 Å². The van der Waals surface area contributed by atoms with Crippen molar-refractivity contribution in [2.45, 2.75) is 26.3 Å². The van der Waals surface area contributed by atoms with E-state index in [1.807, 2.05) is 42.6 Å². The number of carbonyl (C=O) groups excluding carboxylic acids is 2. The average Bonchev–Trinajstić information content (AvgIpc) is 3.31. The van der Waals surface area contributed by atoms with Gasteiger partial charge in [-0.25, -0.2) is 0 Å². The van der Waals surface area contributed by atoms with Crippen LogP contribution in [0.25, 0.3) is 0 Å². The highest BCUT2D eigenvalue weighted by molar-refractivity contribution is 7.10. The molecule has 1 aromatic heterocycles. The van der Waals surface area contributed by atoms with E-state index in [-0.39, 0.29) is 24.4 Å². The normalized spacial score (nSPS) is 11.5. The van der Waals surface area contributed by atoms with Crippen molar-refractivity contribution in [1.82, 2.24) is 10.6 Å². The van der Waals surface area contributed by atoms with Crippen LogP contribution < -0.4 is 15.4 Å². The third-order valence-corrected chi connectivity index (χ3v) is 5.63. The van der Waals surface area contributed by atoms with E-state index >= 15 is 0 Å². The second-order valence-corrected chi connectivity index (χ2v) is 7.70. The third kappa shape index (κ3) is 5.48. The Balaban J connectivity index is 1.67. The van der Waals surface area contributed by atoms with Crippen LogP contribution in [0.3, 0.4) is 0 Å². The predicted octanol–water partition coefficient (Wildman–Crippen LogP) is 4.34. The molecule has 156 valence electrons. The molecule has 1 unspecified atom stereocenters. The molecule has 1 atom stereocenters. The number of carbonyl (C=O) groups is 2. The Labute approximate surface area is 181 Å². The van der Waals surface area contributed by atoms with Crippen molar-refractivity contribution < 1.29 is 14.3 Å². The standard InChI is InChI=1S/C24H26N2O3S/c1-3-17-11-13-18(14-12-17)23(21-10-7-15-30-21)26-22(27)16-25-24(28)19-8-5-6-9-20(19)29-4-2/h5-15,23H,3-4,16H2,1-2H3,(H,25,28)(H,26,27). The summed E-state index contributed by atoms with van der Waals surface area (Å²) >= 11 is 1.59. The number of amides is 2. The minimum absolute atomic E-state index is 0.117. The molecule has 0 bridgehead atoms. The second-order valence-electron chi connectivity index (χ2n) is 6.72. The molecule has 2 aromatic carbocycles. The van der Waals surface area contributed by atoms with Crippen LogP contribution in [0.15, 0.2) is 66.0 Å². The number of para-hydroxylation sites is 1. The Kier molecular flexibility index (Phi) is 7.63. The summed E-state index contributed by atoms with van der Waals surface area (Å²) in [5.74, 6) is -0.0882. The second kappa shape index (κ2) is 10.6. The smallest absolute Gasteiger partial charge is 0.255 e. The van der Waals surface area contributed by atoms with Gasteiger partial charge in [-0.15, -0.1) is 11.3 Å². The molecule has 0 radical (unpaired) electrons.